The number of hydrogen-bond acceptors (Lipinski definition) is 4. The lowest BCUT2D eigenvalue weighted by atomic mass is 10.1. The van der Waals surface area contributed by atoms with Crippen LogP contribution in [-0.2, 0) is 13.6 Å². The minimum absolute atomic E-state index is 0.161. The molecule has 0 radical (unpaired) electrons. The van der Waals surface area contributed by atoms with Crippen LogP contribution in [0, 0.1) is 0 Å². The molecule has 2 N–H and O–H groups in total. The molecule has 1 aromatic heterocycles. The first-order valence-corrected chi connectivity index (χ1v) is 10.2. The number of anilines is 2. The van der Waals surface area contributed by atoms with E-state index in [1.54, 1.807) is 24.1 Å². The van der Waals surface area contributed by atoms with Crippen molar-refractivity contribution < 1.29 is 9.90 Å². The number of aromatic nitrogens is 2. The Morgan fingerprint density at radius 2 is 2.03 bits per heavy atom. The molecule has 0 bridgehead atoms. The molecule has 154 valence electrons. The molecule has 7 nitrogen and oxygen atoms in total. The van der Waals surface area contributed by atoms with Crippen LogP contribution in [0.15, 0.2) is 24.8 Å². The van der Waals surface area contributed by atoms with Gasteiger partial charge in [-0.05, 0) is 37.0 Å². The summed E-state index contributed by atoms with van der Waals surface area (Å²) in [6, 6.07) is 5.25. The fourth-order valence-electron chi connectivity index (χ4n) is 3.94. The van der Waals surface area contributed by atoms with Gasteiger partial charge in [-0.1, -0.05) is 35.8 Å². The minimum Gasteiger partial charge on any atom is -0.393 e. The number of hydrogen-bond donors (Lipinski definition) is 2. The molecule has 2 unspecified atom stereocenters. The minimum atomic E-state index is -0.275. The number of imidazole rings is 1. The fourth-order valence-corrected chi connectivity index (χ4v) is 4.26. The van der Waals surface area contributed by atoms with E-state index in [9.17, 15) is 9.90 Å². The number of carbonyl (C=O) groups is 1. The monoisotopic (exact) mass is 435 g/mol. The first-order valence-electron chi connectivity index (χ1n) is 9.46. The maximum Gasteiger partial charge on any atom is 0.330 e. The van der Waals surface area contributed by atoms with Crippen LogP contribution in [0.2, 0.25) is 10.0 Å². The predicted octanol–water partition coefficient (Wildman–Crippen LogP) is 4.09. The highest BCUT2D eigenvalue weighted by molar-refractivity contribution is 6.42. The van der Waals surface area contributed by atoms with E-state index in [-0.39, 0.29) is 18.2 Å². The quantitative estimate of drug-likeness (QED) is 0.757. The number of aliphatic hydroxyl groups excluding tert-OH is 1. The van der Waals surface area contributed by atoms with E-state index in [1.165, 1.54) is 4.90 Å². The van der Waals surface area contributed by atoms with E-state index in [4.69, 9.17) is 23.2 Å². The van der Waals surface area contributed by atoms with Gasteiger partial charge in [-0.3, -0.25) is 9.80 Å². The number of benzene rings is 1. The summed E-state index contributed by atoms with van der Waals surface area (Å²) in [5, 5.41) is 14.1. The van der Waals surface area contributed by atoms with E-state index in [0.717, 1.165) is 24.1 Å². The van der Waals surface area contributed by atoms with Gasteiger partial charge in [-0.2, -0.15) is 4.98 Å². The van der Waals surface area contributed by atoms with Gasteiger partial charge in [-0.25, -0.2) is 4.79 Å². The van der Waals surface area contributed by atoms with Crippen molar-refractivity contribution in [1.82, 2.24) is 14.5 Å². The largest absolute Gasteiger partial charge is 0.393 e. The number of urea groups is 1. The van der Waals surface area contributed by atoms with E-state index in [2.05, 4.69) is 16.9 Å². The van der Waals surface area contributed by atoms with Crippen LogP contribution in [0.25, 0.3) is 5.70 Å². The van der Waals surface area contributed by atoms with Gasteiger partial charge in [0.1, 0.15) is 5.69 Å². The van der Waals surface area contributed by atoms with E-state index >= 15 is 0 Å². The van der Waals surface area contributed by atoms with Gasteiger partial charge in [0.25, 0.3) is 0 Å². The van der Waals surface area contributed by atoms with Crippen molar-refractivity contribution in [2.45, 2.75) is 38.0 Å². The third-order valence-electron chi connectivity index (χ3n) is 5.57. The zero-order chi connectivity index (χ0) is 20.9. The molecule has 2 atom stereocenters. The van der Waals surface area contributed by atoms with Crippen LogP contribution in [0.4, 0.5) is 16.6 Å². The number of halogens is 2. The topological polar surface area (TPSA) is 73.6 Å². The lowest BCUT2D eigenvalue weighted by Crippen LogP contribution is -2.44. The lowest BCUT2D eigenvalue weighted by molar-refractivity contribution is 0.182. The van der Waals surface area contributed by atoms with Gasteiger partial charge in [0.2, 0.25) is 5.95 Å². The normalized spacial score (nSPS) is 21.7. The Hall–Kier alpha value is -2.22. The Labute approximate surface area is 179 Å². The lowest BCUT2D eigenvalue weighted by Gasteiger charge is -2.34. The highest BCUT2D eigenvalue weighted by Gasteiger charge is 2.36. The molecule has 2 aromatic rings. The first kappa shape index (κ1) is 20.1. The van der Waals surface area contributed by atoms with Crippen LogP contribution in [0.3, 0.4) is 0 Å². The summed E-state index contributed by atoms with van der Waals surface area (Å²) in [6.45, 7) is 4.49. The molecule has 1 saturated carbocycles. The zero-order valence-corrected chi connectivity index (χ0v) is 17.8. The summed E-state index contributed by atoms with van der Waals surface area (Å²) in [5.74, 6) is 1.22. The maximum absolute atomic E-state index is 13.0. The molecule has 29 heavy (non-hydrogen) atoms. The molecule has 2 amide bonds. The maximum atomic E-state index is 13.0. The molecule has 0 saturated heterocycles. The Bertz CT molecular complexity index is 989. The standard InChI is InChI=1S/C20H23Cl2N5O2/c1-11-17-18(24-19(25(17)2)23-13-5-6-14(28)9-13)26(3)20(29)27(11)10-12-4-7-15(21)16(22)8-12/h4,7-8,13-14,28H,1,5-6,9-10H2,2-3H3,(H,23,24). The van der Waals surface area contributed by atoms with E-state index < -0.39 is 0 Å². The van der Waals surface area contributed by atoms with Crippen molar-refractivity contribution in [3.63, 3.8) is 0 Å². The van der Waals surface area contributed by atoms with Crippen molar-refractivity contribution in [3.8, 4) is 0 Å². The van der Waals surface area contributed by atoms with E-state index in [0.29, 0.717) is 40.5 Å². The van der Waals surface area contributed by atoms with Gasteiger partial charge in [0.15, 0.2) is 5.82 Å². The number of amides is 2. The highest BCUT2D eigenvalue weighted by atomic mass is 35.5. The van der Waals surface area contributed by atoms with Crippen molar-refractivity contribution >= 4 is 46.7 Å². The summed E-state index contributed by atoms with van der Waals surface area (Å²) in [5.41, 5.74) is 2.20. The summed E-state index contributed by atoms with van der Waals surface area (Å²) >= 11 is 12.1. The smallest absolute Gasteiger partial charge is 0.330 e. The zero-order valence-electron chi connectivity index (χ0n) is 16.3. The second-order valence-corrected chi connectivity index (χ2v) is 8.41. The second kappa shape index (κ2) is 7.55. The summed E-state index contributed by atoms with van der Waals surface area (Å²) < 4.78 is 1.91. The number of nitrogens with one attached hydrogen (secondary N) is 1. The summed E-state index contributed by atoms with van der Waals surface area (Å²) in [6.07, 6.45) is 2.09. The van der Waals surface area contributed by atoms with Crippen LogP contribution >= 0.6 is 23.2 Å². The number of rotatable bonds is 4. The Balaban J connectivity index is 1.62. The van der Waals surface area contributed by atoms with Crippen LogP contribution in [0.1, 0.15) is 30.5 Å². The molecule has 4 rings (SSSR count). The molecular formula is C20H23Cl2N5O2. The Morgan fingerprint density at radius 3 is 2.69 bits per heavy atom. The van der Waals surface area contributed by atoms with Crippen LogP contribution in [0.5, 0.6) is 0 Å². The molecule has 0 spiro atoms. The molecule has 1 aliphatic heterocycles. The van der Waals surface area contributed by atoms with Gasteiger partial charge in [0.05, 0.1) is 28.4 Å². The predicted molar refractivity (Wildman–Crippen MR) is 115 cm³/mol. The van der Waals surface area contributed by atoms with Gasteiger partial charge in [-0.15, -0.1) is 0 Å². The highest BCUT2D eigenvalue weighted by Crippen LogP contribution is 2.37. The molecule has 1 aliphatic carbocycles. The molecular weight excluding hydrogens is 413 g/mol. The number of aliphatic hydroxyl groups is 1. The average molecular weight is 436 g/mol. The van der Waals surface area contributed by atoms with E-state index in [1.807, 2.05) is 17.7 Å². The number of fused-ring (bicyclic) bond motifs is 1. The van der Waals surface area contributed by atoms with Crippen molar-refractivity contribution in [3.05, 3.63) is 46.1 Å². The Kier molecular flexibility index (Phi) is 5.23. The molecule has 1 fully saturated rings. The third kappa shape index (κ3) is 3.58. The molecule has 9 heteroatoms. The number of nitrogens with zero attached hydrogens (tertiary/aromatic N) is 4. The first-order chi connectivity index (χ1) is 13.8. The SMILES string of the molecule is C=C1c2c(nc(NC3CCC(O)C3)n2C)N(C)C(=O)N1Cc1ccc(Cl)c(Cl)c1. The van der Waals surface area contributed by atoms with Crippen molar-refractivity contribution in [2.75, 3.05) is 17.3 Å². The number of carbonyl (C=O) groups excluding carboxylic acids is 1. The van der Waals surface area contributed by atoms with Crippen molar-refractivity contribution in [1.29, 1.82) is 0 Å². The third-order valence-corrected chi connectivity index (χ3v) is 6.31. The molecule has 2 heterocycles. The molecule has 1 aromatic carbocycles. The Morgan fingerprint density at radius 1 is 1.28 bits per heavy atom. The second-order valence-electron chi connectivity index (χ2n) is 7.60. The van der Waals surface area contributed by atoms with Crippen molar-refractivity contribution in [2.24, 2.45) is 7.05 Å². The van der Waals surface area contributed by atoms with Crippen LogP contribution < -0.4 is 10.2 Å². The van der Waals surface area contributed by atoms with Crippen LogP contribution in [-0.4, -0.2) is 44.8 Å². The summed E-state index contributed by atoms with van der Waals surface area (Å²) in [7, 11) is 3.59. The fraction of sp³-hybridized carbons (Fsp3) is 0.400. The summed E-state index contributed by atoms with van der Waals surface area (Å²) in [4.78, 5) is 20.8. The van der Waals surface area contributed by atoms with Gasteiger partial charge >= 0.3 is 6.03 Å². The molecule has 2 aliphatic rings. The average Bonchev–Trinajstić information content (AvgIpc) is 3.23. The van der Waals surface area contributed by atoms with Gasteiger partial charge < -0.3 is 15.0 Å². The van der Waals surface area contributed by atoms with Gasteiger partial charge in [0, 0.05) is 20.1 Å².